The lowest BCUT2D eigenvalue weighted by molar-refractivity contribution is -0.122. The van der Waals surface area contributed by atoms with Crippen molar-refractivity contribution in [3.05, 3.63) is 18.2 Å². The van der Waals surface area contributed by atoms with Crippen LogP contribution in [0.3, 0.4) is 0 Å². The number of aromatic nitrogens is 2. The summed E-state index contributed by atoms with van der Waals surface area (Å²) in [5, 5.41) is 2.54. The predicted octanol–water partition coefficient (Wildman–Crippen LogP) is -1.08. The minimum Gasteiger partial charge on any atom is -0.354 e. The number of hydrogen-bond acceptors (Lipinski definition) is 5. The van der Waals surface area contributed by atoms with E-state index in [1.165, 1.54) is 6.33 Å². The molecule has 8 nitrogen and oxygen atoms in total. The maximum atomic E-state index is 11.7. The molecule has 1 amide bonds. The van der Waals surface area contributed by atoms with Gasteiger partial charge in [0.2, 0.25) is 5.91 Å². The van der Waals surface area contributed by atoms with Gasteiger partial charge in [-0.15, -0.1) is 0 Å². The Bertz CT molecular complexity index is 500. The van der Waals surface area contributed by atoms with Gasteiger partial charge in [-0.25, -0.2) is 4.98 Å². The number of amides is 1. The number of carbonyl (C=O) groups excluding carboxylic acids is 1. The van der Waals surface area contributed by atoms with Crippen LogP contribution in [0.25, 0.3) is 0 Å². The average molecular weight is 290 g/mol. The van der Waals surface area contributed by atoms with Gasteiger partial charge in [0.25, 0.3) is 10.1 Å². The van der Waals surface area contributed by atoms with Gasteiger partial charge >= 0.3 is 0 Å². The van der Waals surface area contributed by atoms with Crippen molar-refractivity contribution in [1.29, 1.82) is 0 Å². The molecule has 1 rings (SSSR count). The van der Waals surface area contributed by atoms with Crippen molar-refractivity contribution in [2.45, 2.75) is 19.4 Å². The standard InChI is InChI=1S/C10H18N4O4S/c1-7(5-19(16,17)18)3-13-10(15)9(11)2-8-4-12-6-14-8/h4,6-7,9H,2-3,5,11H2,1H3,(H,12,14)(H,13,15)(H,16,17,18)/t7?,9-/m0/s1. The van der Waals surface area contributed by atoms with E-state index in [1.54, 1.807) is 13.1 Å². The van der Waals surface area contributed by atoms with Crippen molar-refractivity contribution < 1.29 is 17.8 Å². The third kappa shape index (κ3) is 6.32. The minimum absolute atomic E-state index is 0.134. The number of rotatable bonds is 7. The monoisotopic (exact) mass is 290 g/mol. The van der Waals surface area contributed by atoms with Gasteiger partial charge in [0.1, 0.15) is 0 Å². The van der Waals surface area contributed by atoms with Crippen LogP contribution in [0, 0.1) is 5.92 Å². The van der Waals surface area contributed by atoms with E-state index < -0.39 is 27.8 Å². The summed E-state index contributed by atoms with van der Waals surface area (Å²) in [6.07, 6.45) is 3.39. The van der Waals surface area contributed by atoms with Crippen LogP contribution in [0.1, 0.15) is 12.6 Å². The molecule has 0 fully saturated rings. The van der Waals surface area contributed by atoms with Crippen LogP contribution in [0.15, 0.2) is 12.5 Å². The number of nitrogens with zero attached hydrogens (tertiary/aromatic N) is 1. The summed E-state index contributed by atoms with van der Waals surface area (Å²) in [5.41, 5.74) is 6.44. The van der Waals surface area contributed by atoms with Crippen LogP contribution in [0.2, 0.25) is 0 Å². The summed E-state index contributed by atoms with van der Waals surface area (Å²) in [5.74, 6) is -1.17. The van der Waals surface area contributed by atoms with E-state index in [-0.39, 0.29) is 12.5 Å². The zero-order chi connectivity index (χ0) is 14.5. The van der Waals surface area contributed by atoms with Crippen molar-refractivity contribution in [3.63, 3.8) is 0 Å². The van der Waals surface area contributed by atoms with Crippen LogP contribution < -0.4 is 11.1 Å². The van der Waals surface area contributed by atoms with Gasteiger partial charge in [0, 0.05) is 24.9 Å². The Labute approximate surface area is 111 Å². The van der Waals surface area contributed by atoms with Gasteiger partial charge in [-0.1, -0.05) is 6.92 Å². The molecular formula is C10H18N4O4S. The molecule has 0 aliphatic carbocycles. The third-order valence-corrected chi connectivity index (χ3v) is 3.44. The van der Waals surface area contributed by atoms with Gasteiger partial charge in [-0.2, -0.15) is 8.42 Å². The maximum absolute atomic E-state index is 11.7. The van der Waals surface area contributed by atoms with E-state index in [4.69, 9.17) is 10.3 Å². The molecule has 1 unspecified atom stereocenters. The second kappa shape index (κ2) is 6.64. The van der Waals surface area contributed by atoms with Gasteiger partial charge in [0.05, 0.1) is 18.1 Å². The van der Waals surface area contributed by atoms with E-state index in [0.717, 1.165) is 5.69 Å². The molecule has 0 aliphatic rings. The summed E-state index contributed by atoms with van der Waals surface area (Å²) in [7, 11) is -4.03. The molecule has 1 heterocycles. The normalized spacial score (nSPS) is 14.9. The Morgan fingerprint density at radius 1 is 1.63 bits per heavy atom. The molecule has 0 spiro atoms. The zero-order valence-electron chi connectivity index (χ0n) is 10.5. The fraction of sp³-hybridized carbons (Fsp3) is 0.600. The number of nitrogens with two attached hydrogens (primary N) is 1. The lowest BCUT2D eigenvalue weighted by Gasteiger charge is -2.14. The summed E-state index contributed by atoms with van der Waals surface area (Å²) in [4.78, 5) is 18.3. The zero-order valence-corrected chi connectivity index (χ0v) is 11.4. The van der Waals surface area contributed by atoms with Gasteiger partial charge in [0.15, 0.2) is 0 Å². The van der Waals surface area contributed by atoms with Crippen molar-refractivity contribution >= 4 is 16.0 Å². The van der Waals surface area contributed by atoms with Crippen molar-refractivity contribution in [1.82, 2.24) is 15.3 Å². The SMILES string of the molecule is CC(CNC(=O)[C@@H](N)Cc1cnc[nH]1)CS(=O)(=O)O. The highest BCUT2D eigenvalue weighted by atomic mass is 32.2. The first kappa shape index (κ1) is 15.6. The largest absolute Gasteiger partial charge is 0.354 e. The number of nitrogens with one attached hydrogen (secondary N) is 2. The first-order valence-corrected chi connectivity index (χ1v) is 7.34. The minimum atomic E-state index is -4.03. The molecule has 9 heteroatoms. The summed E-state index contributed by atoms with van der Waals surface area (Å²) in [6, 6.07) is -0.738. The molecule has 19 heavy (non-hydrogen) atoms. The Balaban J connectivity index is 2.34. The number of carbonyl (C=O) groups is 1. The Morgan fingerprint density at radius 3 is 2.84 bits per heavy atom. The summed E-state index contributed by atoms with van der Waals surface area (Å²) in [6.45, 7) is 1.74. The highest BCUT2D eigenvalue weighted by Crippen LogP contribution is 1.99. The third-order valence-electron chi connectivity index (χ3n) is 2.45. The summed E-state index contributed by atoms with van der Waals surface area (Å²) < 4.78 is 29.9. The van der Waals surface area contributed by atoms with Crippen molar-refractivity contribution in [2.24, 2.45) is 11.7 Å². The molecule has 0 aliphatic heterocycles. The van der Waals surface area contributed by atoms with Gasteiger partial charge in [-0.05, 0) is 5.92 Å². The van der Waals surface area contributed by atoms with Crippen LogP contribution in [0.4, 0.5) is 0 Å². The topological polar surface area (TPSA) is 138 Å². The predicted molar refractivity (Wildman–Crippen MR) is 68.9 cm³/mol. The molecule has 0 saturated heterocycles. The first-order valence-electron chi connectivity index (χ1n) is 5.73. The van der Waals surface area contributed by atoms with Crippen molar-refractivity contribution in [3.8, 4) is 0 Å². The first-order chi connectivity index (χ1) is 8.78. The lowest BCUT2D eigenvalue weighted by Crippen LogP contribution is -2.44. The number of hydrogen-bond donors (Lipinski definition) is 4. The molecule has 0 saturated carbocycles. The molecule has 2 atom stereocenters. The van der Waals surface area contributed by atoms with E-state index in [9.17, 15) is 13.2 Å². The molecule has 0 radical (unpaired) electrons. The van der Waals surface area contributed by atoms with Crippen LogP contribution in [-0.2, 0) is 21.3 Å². The van der Waals surface area contributed by atoms with E-state index in [0.29, 0.717) is 6.42 Å². The van der Waals surface area contributed by atoms with Crippen LogP contribution in [-0.4, -0.2) is 47.2 Å². The quantitative estimate of drug-likeness (QED) is 0.471. The second-order valence-corrected chi connectivity index (χ2v) is 5.98. The number of aromatic amines is 1. The number of H-pyrrole nitrogens is 1. The average Bonchev–Trinajstić information content (AvgIpc) is 2.76. The highest BCUT2D eigenvalue weighted by molar-refractivity contribution is 7.85. The molecule has 0 bridgehead atoms. The molecule has 5 N–H and O–H groups in total. The van der Waals surface area contributed by atoms with Crippen LogP contribution >= 0.6 is 0 Å². The molecule has 1 aromatic heterocycles. The fourth-order valence-electron chi connectivity index (χ4n) is 1.55. The lowest BCUT2D eigenvalue weighted by atomic mass is 10.1. The van der Waals surface area contributed by atoms with E-state index in [1.807, 2.05) is 0 Å². The van der Waals surface area contributed by atoms with Crippen molar-refractivity contribution in [2.75, 3.05) is 12.3 Å². The van der Waals surface area contributed by atoms with Crippen LogP contribution in [0.5, 0.6) is 0 Å². The smallest absolute Gasteiger partial charge is 0.265 e. The van der Waals surface area contributed by atoms with E-state index in [2.05, 4.69) is 15.3 Å². The Morgan fingerprint density at radius 2 is 2.32 bits per heavy atom. The van der Waals surface area contributed by atoms with Gasteiger partial charge in [-0.3, -0.25) is 9.35 Å². The highest BCUT2D eigenvalue weighted by Gasteiger charge is 2.17. The second-order valence-electron chi connectivity index (χ2n) is 4.49. The number of imidazole rings is 1. The molecule has 108 valence electrons. The molecular weight excluding hydrogens is 272 g/mol. The van der Waals surface area contributed by atoms with E-state index >= 15 is 0 Å². The Kier molecular flexibility index (Phi) is 5.45. The molecule has 1 aromatic rings. The fourth-order valence-corrected chi connectivity index (χ4v) is 2.39. The van der Waals surface area contributed by atoms with Gasteiger partial charge < -0.3 is 16.0 Å². The Hall–Kier alpha value is -1.45. The maximum Gasteiger partial charge on any atom is 0.265 e. The molecule has 0 aromatic carbocycles. The summed E-state index contributed by atoms with van der Waals surface area (Å²) >= 11 is 0.